The molecule has 0 spiro atoms. The quantitative estimate of drug-likeness (QED) is 0.171. The topological polar surface area (TPSA) is 115 Å². The molecule has 6 rings (SSSR count). The highest BCUT2D eigenvalue weighted by atomic mass is 35.5. The number of aromatic carboxylic acids is 2. The van der Waals surface area contributed by atoms with Gasteiger partial charge in [-0.1, -0.05) is 83.2 Å². The van der Waals surface area contributed by atoms with Crippen molar-refractivity contribution >= 4 is 40.7 Å². The van der Waals surface area contributed by atoms with Crippen LogP contribution in [-0.2, 0) is 0 Å². The number of rotatable bonds is 12. The first-order chi connectivity index (χ1) is 25.0. The van der Waals surface area contributed by atoms with Crippen LogP contribution in [0.3, 0.4) is 0 Å². The molecule has 4 aliphatic carbocycles. The van der Waals surface area contributed by atoms with Gasteiger partial charge in [-0.05, 0) is 170 Å². The number of aromatic hydroxyl groups is 2. The number of phenols is 2. The lowest BCUT2D eigenvalue weighted by Crippen LogP contribution is -2.53. The molecule has 0 aliphatic heterocycles. The number of carboxylic acids is 2. The molecule has 53 heavy (non-hydrogen) atoms. The van der Waals surface area contributed by atoms with Gasteiger partial charge in [0.25, 0.3) is 0 Å². The van der Waals surface area contributed by atoms with E-state index < -0.39 is 23.4 Å². The second-order valence-electron chi connectivity index (χ2n) is 18.3. The zero-order chi connectivity index (χ0) is 38.4. The average Bonchev–Trinajstić information content (AvgIpc) is 3.46. The fourth-order valence-electron chi connectivity index (χ4n) is 12.3. The van der Waals surface area contributed by atoms with E-state index >= 15 is 0 Å². The van der Waals surface area contributed by atoms with E-state index in [0.717, 1.165) is 47.8 Å². The Kier molecular flexibility index (Phi) is 11.9. The van der Waals surface area contributed by atoms with Crippen LogP contribution in [0.1, 0.15) is 156 Å². The normalized spacial score (nSPS) is 31.3. The zero-order valence-electron chi connectivity index (χ0n) is 32.3. The summed E-state index contributed by atoms with van der Waals surface area (Å²) in [5.74, 6) is 2.64. The Morgan fingerprint density at radius 3 is 1.96 bits per heavy atom. The Balaban J connectivity index is 1.17. The van der Waals surface area contributed by atoms with Crippen LogP contribution in [0.2, 0.25) is 10.0 Å². The van der Waals surface area contributed by atoms with E-state index in [0.29, 0.717) is 39.9 Å². The molecule has 9 atom stereocenters. The van der Waals surface area contributed by atoms with Gasteiger partial charge < -0.3 is 20.4 Å². The summed E-state index contributed by atoms with van der Waals surface area (Å²) < 4.78 is 0. The van der Waals surface area contributed by atoms with Gasteiger partial charge in [0.1, 0.15) is 22.6 Å². The molecule has 4 fully saturated rings. The number of allylic oxidation sites excluding steroid dienone is 1. The van der Waals surface area contributed by atoms with E-state index in [9.17, 15) is 30.0 Å². The largest absolute Gasteiger partial charge is 0.505 e. The second kappa shape index (κ2) is 15.8. The van der Waals surface area contributed by atoms with Crippen LogP contribution >= 0.6 is 23.2 Å². The smallest absolute Gasteiger partial charge is 0.339 e. The molecular weight excluding hydrogens is 707 g/mol. The minimum Gasteiger partial charge on any atom is -0.505 e. The number of halogens is 2. The van der Waals surface area contributed by atoms with Crippen molar-refractivity contribution in [3.05, 3.63) is 62.6 Å². The van der Waals surface area contributed by atoms with Crippen molar-refractivity contribution in [2.45, 2.75) is 125 Å². The predicted octanol–water partition coefficient (Wildman–Crippen LogP) is 12.8. The molecular formula is C45H60Cl2O6. The van der Waals surface area contributed by atoms with E-state index in [2.05, 4.69) is 34.6 Å². The van der Waals surface area contributed by atoms with Gasteiger partial charge in [0.2, 0.25) is 0 Å². The summed E-state index contributed by atoms with van der Waals surface area (Å²) in [6, 6.07) is 5.65. The number of benzene rings is 2. The summed E-state index contributed by atoms with van der Waals surface area (Å²) in [5, 5.41) is 40.0. The number of carboxylic acid groups (broad SMARTS) is 2. The van der Waals surface area contributed by atoms with Crippen molar-refractivity contribution in [2.24, 2.45) is 58.2 Å². The van der Waals surface area contributed by atoms with Crippen LogP contribution < -0.4 is 0 Å². The molecule has 0 saturated heterocycles. The molecule has 6 nitrogen and oxygen atoms in total. The molecule has 2 aromatic carbocycles. The van der Waals surface area contributed by atoms with Gasteiger partial charge in [-0.25, -0.2) is 9.59 Å². The lowest BCUT2D eigenvalue weighted by Gasteiger charge is -2.61. The number of carbonyl (C=O) groups is 2. The number of hydrogen-bond acceptors (Lipinski definition) is 4. The number of hydrogen-bond donors (Lipinski definition) is 4. The van der Waals surface area contributed by atoms with E-state index in [4.69, 9.17) is 23.2 Å². The third-order valence-electron chi connectivity index (χ3n) is 15.1. The van der Waals surface area contributed by atoms with Gasteiger partial charge in [0, 0.05) is 0 Å². The van der Waals surface area contributed by atoms with E-state index in [1.54, 1.807) is 0 Å². The molecule has 0 aromatic heterocycles. The van der Waals surface area contributed by atoms with Crippen molar-refractivity contribution in [3.8, 4) is 11.5 Å². The van der Waals surface area contributed by atoms with Crippen molar-refractivity contribution < 1.29 is 30.0 Å². The first kappa shape index (κ1) is 40.0. The molecule has 0 radical (unpaired) electrons. The van der Waals surface area contributed by atoms with E-state index in [1.807, 2.05) is 6.08 Å². The van der Waals surface area contributed by atoms with Crippen molar-refractivity contribution in [3.63, 3.8) is 0 Å². The van der Waals surface area contributed by atoms with Gasteiger partial charge in [0.15, 0.2) is 0 Å². The lowest BCUT2D eigenvalue weighted by molar-refractivity contribution is -0.121. The Morgan fingerprint density at radius 2 is 1.38 bits per heavy atom. The van der Waals surface area contributed by atoms with Crippen molar-refractivity contribution in [1.29, 1.82) is 0 Å². The van der Waals surface area contributed by atoms with Crippen LogP contribution in [0.5, 0.6) is 11.5 Å². The molecule has 4 N–H and O–H groups in total. The third-order valence-corrected chi connectivity index (χ3v) is 15.7. The SMILES string of the molecule is CC(C)CCC[C@@H](C)[C@H]1CC[C@H]2[C@@H]3CC[C@H]4C[C@@H](CCC=C(c5cc(Cl)c(O)c(C(=O)O)c5)c5cc(Cl)c(O)c(C(=O)O)c5)CC[C@]4(C)[C@H]3CC[C@]12C. The summed E-state index contributed by atoms with van der Waals surface area (Å²) in [6.07, 6.45) is 19.8. The Bertz CT molecular complexity index is 1660. The van der Waals surface area contributed by atoms with E-state index in [-0.39, 0.29) is 21.2 Å². The molecule has 4 saturated carbocycles. The van der Waals surface area contributed by atoms with Gasteiger partial charge in [-0.2, -0.15) is 0 Å². The van der Waals surface area contributed by atoms with Gasteiger partial charge in [-0.3, -0.25) is 0 Å². The Labute approximate surface area is 326 Å². The molecule has 0 bridgehead atoms. The maximum absolute atomic E-state index is 12.0. The van der Waals surface area contributed by atoms with Crippen LogP contribution in [0, 0.1) is 58.2 Å². The predicted molar refractivity (Wildman–Crippen MR) is 213 cm³/mol. The van der Waals surface area contributed by atoms with Gasteiger partial charge in [-0.15, -0.1) is 0 Å². The molecule has 8 heteroatoms. The van der Waals surface area contributed by atoms with Gasteiger partial charge in [0.05, 0.1) is 10.0 Å². The lowest BCUT2D eigenvalue weighted by atomic mass is 9.44. The second-order valence-corrected chi connectivity index (χ2v) is 19.2. The average molecular weight is 768 g/mol. The third kappa shape index (κ3) is 7.75. The van der Waals surface area contributed by atoms with Crippen LogP contribution in [0.4, 0.5) is 0 Å². The fraction of sp³-hybridized carbons (Fsp3) is 0.644. The minimum absolute atomic E-state index is 0.122. The molecule has 290 valence electrons. The highest BCUT2D eigenvalue weighted by Crippen LogP contribution is 2.69. The molecule has 0 heterocycles. The first-order valence-electron chi connectivity index (χ1n) is 20.3. The minimum atomic E-state index is -1.33. The summed E-state index contributed by atoms with van der Waals surface area (Å²) in [7, 11) is 0. The van der Waals surface area contributed by atoms with E-state index in [1.165, 1.54) is 101 Å². The Hall–Kier alpha value is -2.70. The first-order valence-corrected chi connectivity index (χ1v) is 21.0. The fourth-order valence-corrected chi connectivity index (χ4v) is 12.8. The summed E-state index contributed by atoms with van der Waals surface area (Å²) in [6.45, 7) is 12.6. The highest BCUT2D eigenvalue weighted by Gasteiger charge is 2.60. The summed E-state index contributed by atoms with van der Waals surface area (Å²) >= 11 is 12.6. The Morgan fingerprint density at radius 1 is 0.792 bits per heavy atom. The molecule has 4 aliphatic rings. The van der Waals surface area contributed by atoms with Crippen LogP contribution in [0.15, 0.2) is 30.3 Å². The monoisotopic (exact) mass is 766 g/mol. The summed E-state index contributed by atoms with van der Waals surface area (Å²) in [4.78, 5) is 23.9. The molecule has 0 unspecified atom stereocenters. The number of fused-ring (bicyclic) bond motifs is 5. The molecule has 0 amide bonds. The van der Waals surface area contributed by atoms with Crippen molar-refractivity contribution in [1.82, 2.24) is 0 Å². The zero-order valence-corrected chi connectivity index (χ0v) is 33.8. The molecule has 2 aromatic rings. The highest BCUT2D eigenvalue weighted by molar-refractivity contribution is 6.33. The van der Waals surface area contributed by atoms with Crippen molar-refractivity contribution in [2.75, 3.05) is 0 Å². The summed E-state index contributed by atoms with van der Waals surface area (Å²) in [5.41, 5.74) is 1.58. The van der Waals surface area contributed by atoms with Crippen LogP contribution in [0.25, 0.3) is 5.57 Å². The standard InChI is InChI=1S/C45H60Cl2O6/c1-25(2)8-6-9-26(3)35-14-15-36-32-13-12-30-20-27(16-18-44(30,4)37(32)17-19-45(35,36)5)10-7-11-31(28-21-33(42(50)51)40(48)38(46)23-28)29-22-34(43(52)53)41(49)39(47)24-29/h11,21-27,30,32,35-37,48-49H,6-10,12-20H2,1-5H3,(H,50,51)(H,52,53)/t26-,27+,30+,32+,35-,36+,37+,44+,45-/m1/s1. The van der Waals surface area contributed by atoms with Crippen LogP contribution in [-0.4, -0.2) is 32.4 Å². The maximum atomic E-state index is 12.0. The maximum Gasteiger partial charge on any atom is 0.339 e. The van der Waals surface area contributed by atoms with Gasteiger partial charge >= 0.3 is 11.9 Å².